The highest BCUT2D eigenvalue weighted by Crippen LogP contribution is 2.32. The van der Waals surface area contributed by atoms with Gasteiger partial charge in [0.1, 0.15) is 90.5 Å². The minimum Gasteiger partial charge on any atom is -0.496 e. The van der Waals surface area contributed by atoms with Crippen molar-refractivity contribution in [3.8, 4) is 5.75 Å². The van der Waals surface area contributed by atoms with Gasteiger partial charge in [0, 0.05) is 58.8 Å². The highest BCUT2D eigenvalue weighted by molar-refractivity contribution is 6.01. The summed E-state index contributed by atoms with van der Waals surface area (Å²) in [7, 11) is 11.6. The lowest BCUT2D eigenvalue weighted by atomic mass is 9.93. The van der Waals surface area contributed by atoms with E-state index in [1.807, 2.05) is 27.7 Å². The molecule has 0 unspecified atom stereocenters. The molecule has 1 aliphatic heterocycles. The zero-order valence-electron chi connectivity index (χ0n) is 73.2. The van der Waals surface area contributed by atoms with E-state index >= 15 is 52.7 Å². The summed E-state index contributed by atoms with van der Waals surface area (Å²) >= 11 is 0. The maximum Gasteiger partial charge on any atom is 0.329 e. The Kier molecular flexibility index (Phi) is 37.2. The standard InChI is InChI=1S/C84H136N14O17/c1-29-49(17)64-74(103)92-66(71(100)53-35-32-31-33-36-53)75(104)89-63(46(11)12)84(113)115-52(20)65(91-77(106)69(50(18)30-2)97(26)81(110)62(45(9)10)87-76(105)67(47(13)14)93(21)22)82(111)98(27)70(51(19)99)78(107)88-60(43(5)6)79(108)94(23)56(39-42(3)4)72(101)86-61(44(7)8)80(109)96(25)68(48(15)16)83(112)95(24)57(73(102)90-64)40-54-41-85-55-37-34-38-58(114-28)59(54)55/h31-38,41-52,56-57,60-71,85,99-100H,29-30,39-40H2,1-28H3,(H,86,101)(H,87,105)(H,88,107)(H,89,104)(H,90,102)(H,91,106)(H,92,103)/t49-,50+,51+,52+,56-,57-,60-,61-,62-,63-,64-,65-,66-,67-,68-,69-,70-,71+/m0/s1. The Balaban J connectivity index is 2.10. The summed E-state index contributed by atoms with van der Waals surface area (Å²) < 4.78 is 12.0. The Hall–Kier alpha value is -9.23. The summed E-state index contributed by atoms with van der Waals surface area (Å²) in [6, 6.07) is -6.18. The Morgan fingerprint density at radius 2 is 1.05 bits per heavy atom. The first-order chi connectivity index (χ1) is 53.6. The van der Waals surface area contributed by atoms with Crippen LogP contribution >= 0.6 is 0 Å². The van der Waals surface area contributed by atoms with Crippen LogP contribution in [-0.2, 0) is 73.5 Å². The second-order valence-electron chi connectivity index (χ2n) is 33.9. The average Bonchev–Trinajstić information content (AvgIpc) is 1.75. The molecular weight excluding hydrogens is 1480 g/mol. The summed E-state index contributed by atoms with van der Waals surface area (Å²) in [6.07, 6.45) is -3.41. The topological polar surface area (TPSA) is 400 Å². The second-order valence-corrected chi connectivity index (χ2v) is 33.9. The van der Waals surface area contributed by atoms with E-state index in [0.29, 0.717) is 22.2 Å². The third-order valence-electron chi connectivity index (χ3n) is 22.2. The van der Waals surface area contributed by atoms with Crippen molar-refractivity contribution in [1.82, 2.24) is 71.6 Å². The molecule has 31 nitrogen and oxygen atoms in total. The van der Waals surface area contributed by atoms with Gasteiger partial charge in [-0.25, -0.2) is 4.79 Å². The van der Waals surface area contributed by atoms with E-state index in [-0.39, 0.29) is 43.1 Å². The molecule has 0 spiro atoms. The Bertz CT molecular complexity index is 3820. The SMILES string of the molecule is CC[C@@H](C)[C@@H](C(=O)N[C@@H]1C(=O)N(C)[C@@H]([C@@H](C)O)C(=O)N[C@@H](C(C)C)C(=O)N(C)[C@@H](CC(C)C)C(=O)N[C@@H](C(C)C)C(=O)N(C)[C@@H](C(C)C)C(=O)N(C)[C@@H](Cc2c[nH]c3cccc(OC)c23)C(=O)N[C@@H]([C@@H](C)CC)C(=O)N[C@@H]([C@H](O)c2ccccc2)C(=O)N[C@@H](C(C)C)C(=O)O[C@@H]1C)N(C)C(=O)[C@@H](NC(=O)[C@H](C(C)C)N(C)C)C(C)C. The predicted octanol–water partition coefficient (Wildman–Crippen LogP) is 4.31. The predicted molar refractivity (Wildman–Crippen MR) is 438 cm³/mol. The van der Waals surface area contributed by atoms with Crippen molar-refractivity contribution in [2.75, 3.05) is 56.4 Å². The number of aliphatic hydroxyl groups is 2. The normalized spacial score (nSPS) is 24.5. The van der Waals surface area contributed by atoms with Gasteiger partial charge in [0.05, 0.1) is 19.3 Å². The average molecular weight is 1610 g/mol. The molecule has 0 bridgehead atoms. The molecule has 4 rings (SSSR count). The van der Waals surface area contributed by atoms with E-state index in [2.05, 4.69) is 42.2 Å². The first-order valence-electron chi connectivity index (χ1n) is 40.4. The number of esters is 1. The van der Waals surface area contributed by atoms with Crippen molar-refractivity contribution in [3.63, 3.8) is 0 Å². The van der Waals surface area contributed by atoms with Crippen molar-refractivity contribution < 1.29 is 82.0 Å². The summed E-state index contributed by atoms with van der Waals surface area (Å²) in [6.45, 7) is 33.3. The Morgan fingerprint density at radius 3 is 1.55 bits per heavy atom. The zero-order valence-corrected chi connectivity index (χ0v) is 73.2. The minimum atomic E-state index is -2.02. The van der Waals surface area contributed by atoms with Crippen molar-refractivity contribution in [2.24, 2.45) is 53.3 Å². The third kappa shape index (κ3) is 24.7. The number of rotatable bonds is 25. The van der Waals surface area contributed by atoms with Gasteiger partial charge in [-0.2, -0.15) is 0 Å². The molecule has 18 atom stereocenters. The van der Waals surface area contributed by atoms with Crippen molar-refractivity contribution in [1.29, 1.82) is 0 Å². The van der Waals surface area contributed by atoms with Crippen LogP contribution in [-0.4, -0.2) is 269 Å². The van der Waals surface area contributed by atoms with E-state index < -0.39 is 215 Å². The highest BCUT2D eigenvalue weighted by atomic mass is 16.5. The first-order valence-corrected chi connectivity index (χ1v) is 40.4. The minimum absolute atomic E-state index is 0.0288. The highest BCUT2D eigenvalue weighted by Gasteiger charge is 2.48. The molecule has 1 aliphatic rings. The summed E-state index contributed by atoms with van der Waals surface area (Å²) in [5, 5.41) is 44.2. The lowest BCUT2D eigenvalue weighted by Gasteiger charge is -2.39. The number of likely N-dealkylation sites (N-methyl/N-ethyl adjacent to an activating group) is 6. The number of nitrogens with zero attached hydrogens (tertiary/aromatic N) is 6. The third-order valence-corrected chi connectivity index (χ3v) is 22.2. The number of ether oxygens (including phenoxy) is 2. The van der Waals surface area contributed by atoms with E-state index in [9.17, 15) is 19.8 Å². The van der Waals surface area contributed by atoms with Gasteiger partial charge < -0.3 is 86.4 Å². The van der Waals surface area contributed by atoms with Crippen LogP contribution in [0.4, 0.5) is 0 Å². The Labute approximate surface area is 680 Å². The van der Waals surface area contributed by atoms with Crippen molar-refractivity contribution in [3.05, 3.63) is 65.9 Å². The molecule has 3 aromatic rings. The van der Waals surface area contributed by atoms with Crippen LogP contribution in [0.3, 0.4) is 0 Å². The van der Waals surface area contributed by atoms with Gasteiger partial charge >= 0.3 is 5.97 Å². The van der Waals surface area contributed by atoms with Gasteiger partial charge in [0.2, 0.25) is 70.9 Å². The van der Waals surface area contributed by atoms with Gasteiger partial charge in [-0.3, -0.25) is 62.4 Å². The first kappa shape index (κ1) is 98.1. The number of nitrogens with one attached hydrogen (secondary N) is 8. The number of aromatic amines is 1. The van der Waals surface area contributed by atoms with Crippen LogP contribution in [0.2, 0.25) is 0 Å². The molecule has 31 heteroatoms. The van der Waals surface area contributed by atoms with Gasteiger partial charge in [0.15, 0.2) is 0 Å². The molecule has 1 fully saturated rings. The number of amides is 12. The number of benzene rings is 2. The lowest BCUT2D eigenvalue weighted by molar-refractivity contribution is -0.161. The van der Waals surface area contributed by atoms with Gasteiger partial charge in [-0.15, -0.1) is 0 Å². The number of aliphatic hydroxyl groups excluding tert-OH is 2. The molecule has 1 aromatic heterocycles. The van der Waals surface area contributed by atoms with E-state index in [4.69, 9.17) is 9.47 Å². The molecule has 0 saturated carbocycles. The number of H-pyrrole nitrogens is 1. The van der Waals surface area contributed by atoms with E-state index in [1.165, 1.54) is 76.0 Å². The van der Waals surface area contributed by atoms with Crippen LogP contribution in [0.5, 0.6) is 5.75 Å². The molecule has 2 aromatic carbocycles. The van der Waals surface area contributed by atoms with Crippen LogP contribution in [0.15, 0.2) is 54.7 Å². The number of methoxy groups -OCH3 is 1. The largest absolute Gasteiger partial charge is 0.496 e. The molecule has 12 amide bonds. The summed E-state index contributed by atoms with van der Waals surface area (Å²) in [5.41, 5.74) is 1.28. The number of aromatic nitrogens is 1. The molecule has 0 radical (unpaired) electrons. The van der Waals surface area contributed by atoms with Crippen LogP contribution in [0.1, 0.15) is 175 Å². The molecule has 644 valence electrons. The summed E-state index contributed by atoms with van der Waals surface area (Å²) in [4.78, 5) is 209. The van der Waals surface area contributed by atoms with Crippen LogP contribution in [0, 0.1) is 53.3 Å². The maximum atomic E-state index is 15.8. The van der Waals surface area contributed by atoms with Crippen molar-refractivity contribution >= 4 is 87.8 Å². The van der Waals surface area contributed by atoms with Crippen molar-refractivity contribution in [2.45, 2.75) is 261 Å². The van der Waals surface area contributed by atoms with Gasteiger partial charge in [0.25, 0.3) is 0 Å². The molecule has 10 N–H and O–H groups in total. The van der Waals surface area contributed by atoms with E-state index in [0.717, 1.165) is 16.8 Å². The molecule has 115 heavy (non-hydrogen) atoms. The number of carbonyl (C=O) groups is 13. The van der Waals surface area contributed by atoms with Crippen LogP contribution in [0.25, 0.3) is 10.9 Å². The maximum absolute atomic E-state index is 15.8. The number of fused-ring (bicyclic) bond motifs is 1. The smallest absolute Gasteiger partial charge is 0.329 e. The zero-order chi connectivity index (χ0) is 87.6. The molecule has 2 heterocycles. The monoisotopic (exact) mass is 1610 g/mol. The number of hydrogen-bond donors (Lipinski definition) is 10. The number of carbonyl (C=O) groups excluding carboxylic acids is 13. The fraction of sp³-hybridized carbons (Fsp3) is 0.679. The fourth-order valence-corrected chi connectivity index (χ4v) is 14.9. The molecular formula is C84H136N14O17. The van der Waals surface area contributed by atoms with Crippen LogP contribution < -0.4 is 42.0 Å². The second kappa shape index (κ2) is 43.6. The molecule has 1 saturated heterocycles. The number of cyclic esters (lactones) is 1. The fourth-order valence-electron chi connectivity index (χ4n) is 14.9. The van der Waals surface area contributed by atoms with Gasteiger partial charge in [-0.1, -0.05) is 174 Å². The quantitative estimate of drug-likeness (QED) is 0.0528. The van der Waals surface area contributed by atoms with E-state index in [1.54, 1.807) is 159 Å². The molecule has 0 aliphatic carbocycles. The lowest BCUT2D eigenvalue weighted by Crippen LogP contribution is -2.65. The van der Waals surface area contributed by atoms with Gasteiger partial charge in [-0.05, 0) is 111 Å². The summed E-state index contributed by atoms with van der Waals surface area (Å²) in [5.74, 6) is -16.4. The Morgan fingerprint density at radius 1 is 0.548 bits per heavy atom. The number of hydrogen-bond acceptors (Lipinski definition) is 18.